The monoisotopic (exact) mass is 447 g/mol. The number of nitrogens with zero attached hydrogens (tertiary/aromatic N) is 3. The number of hydrogen-bond acceptors (Lipinski definition) is 3. The molecule has 1 atom stereocenters. The van der Waals surface area contributed by atoms with Gasteiger partial charge in [0.2, 0.25) is 0 Å². The molecule has 1 unspecified atom stereocenters. The maximum absolute atomic E-state index is 15.2. The standard InChI is InChI=1S/C28H34FN3O/c1-18(22-9-7-10-23(27(22)29)20-11-12-20)16-26-30-24(17-25(31(26)3)21-13-14-21)28(33)32-15-6-4-5-8-19(32)2/h7,9-10,16-17,19-21H,1,4-6,8,11-15H2,2-3H3/b26-16-. The van der Waals surface area contributed by atoms with Crippen molar-refractivity contribution in [2.45, 2.75) is 70.3 Å². The van der Waals surface area contributed by atoms with Gasteiger partial charge in [-0.25, -0.2) is 9.38 Å². The van der Waals surface area contributed by atoms with E-state index in [2.05, 4.69) is 13.5 Å². The maximum atomic E-state index is 15.2. The third-order valence-corrected chi connectivity index (χ3v) is 7.47. The Morgan fingerprint density at radius 3 is 2.61 bits per heavy atom. The summed E-state index contributed by atoms with van der Waals surface area (Å²) >= 11 is 0. The summed E-state index contributed by atoms with van der Waals surface area (Å²) in [5.74, 6) is 1.30. The van der Waals surface area contributed by atoms with Gasteiger partial charge < -0.3 is 9.80 Å². The van der Waals surface area contributed by atoms with Gasteiger partial charge in [0, 0.05) is 30.9 Å². The Balaban J connectivity index is 1.47. The van der Waals surface area contributed by atoms with Gasteiger partial charge in [0.15, 0.2) is 0 Å². The van der Waals surface area contributed by atoms with Crippen molar-refractivity contribution < 1.29 is 9.18 Å². The number of aliphatic imine (C=N–C) groups is 1. The zero-order chi connectivity index (χ0) is 23.1. The number of carbonyl (C=O) groups excluding carboxylic acids is 1. The lowest BCUT2D eigenvalue weighted by atomic mass is 10.0. The molecule has 0 bridgehead atoms. The molecule has 1 aromatic carbocycles. The highest BCUT2D eigenvalue weighted by atomic mass is 19.1. The fourth-order valence-electron chi connectivity index (χ4n) is 5.07. The van der Waals surface area contributed by atoms with E-state index in [1.54, 1.807) is 6.07 Å². The molecule has 2 aliphatic heterocycles. The van der Waals surface area contributed by atoms with E-state index >= 15 is 4.39 Å². The van der Waals surface area contributed by atoms with Crippen LogP contribution in [0.1, 0.15) is 75.3 Å². The fourth-order valence-corrected chi connectivity index (χ4v) is 5.07. The zero-order valence-electron chi connectivity index (χ0n) is 19.8. The number of rotatable bonds is 5. The van der Waals surface area contributed by atoms with Crippen molar-refractivity contribution >= 4 is 17.2 Å². The van der Waals surface area contributed by atoms with E-state index in [9.17, 15) is 4.79 Å². The number of carbonyl (C=O) groups is 1. The fraction of sp³-hybridized carbons (Fsp3) is 0.500. The van der Waals surface area contributed by atoms with Crippen LogP contribution < -0.4 is 0 Å². The molecular weight excluding hydrogens is 413 g/mol. The lowest BCUT2D eigenvalue weighted by Gasteiger charge is -2.31. The van der Waals surface area contributed by atoms with Crippen LogP contribution in [0.5, 0.6) is 0 Å². The minimum Gasteiger partial charge on any atom is -0.335 e. The molecule has 1 amide bonds. The molecule has 2 aliphatic carbocycles. The normalized spacial score (nSPS) is 24.9. The van der Waals surface area contributed by atoms with Gasteiger partial charge in [-0.15, -0.1) is 0 Å². The van der Waals surface area contributed by atoms with Crippen molar-refractivity contribution in [3.8, 4) is 0 Å². The largest absolute Gasteiger partial charge is 0.335 e. The SMILES string of the molecule is C=C(/C=C1/N=C(C(=O)N2CCCCCC2C)C=C(C2CC2)N1C)c1cccc(C2CC2)c1F. The third-order valence-electron chi connectivity index (χ3n) is 7.47. The summed E-state index contributed by atoms with van der Waals surface area (Å²) in [7, 11) is 1.99. The maximum Gasteiger partial charge on any atom is 0.272 e. The van der Waals surface area contributed by atoms with Crippen molar-refractivity contribution in [2.75, 3.05) is 13.6 Å². The van der Waals surface area contributed by atoms with Crippen LogP contribution in [-0.4, -0.2) is 41.1 Å². The van der Waals surface area contributed by atoms with E-state index in [1.165, 1.54) is 12.8 Å². The average molecular weight is 448 g/mol. The number of amides is 1. The van der Waals surface area contributed by atoms with Crippen LogP contribution >= 0.6 is 0 Å². The molecule has 2 heterocycles. The second-order valence-corrected chi connectivity index (χ2v) is 10.1. The molecule has 4 nitrogen and oxygen atoms in total. The minimum absolute atomic E-state index is 0.00840. The van der Waals surface area contributed by atoms with Gasteiger partial charge in [0.05, 0.1) is 0 Å². The Hall–Kier alpha value is -2.69. The smallest absolute Gasteiger partial charge is 0.272 e. The predicted octanol–water partition coefficient (Wildman–Crippen LogP) is 6.03. The number of halogens is 1. The molecule has 174 valence electrons. The van der Waals surface area contributed by atoms with Crippen LogP contribution in [0, 0.1) is 11.7 Å². The number of hydrogen-bond donors (Lipinski definition) is 0. The summed E-state index contributed by atoms with van der Waals surface area (Å²) in [6, 6.07) is 5.81. The van der Waals surface area contributed by atoms with Crippen LogP contribution in [0.4, 0.5) is 4.39 Å². The van der Waals surface area contributed by atoms with Gasteiger partial charge in [0.25, 0.3) is 5.91 Å². The van der Waals surface area contributed by atoms with Crippen LogP contribution in [-0.2, 0) is 4.79 Å². The third kappa shape index (κ3) is 4.55. The molecule has 0 N–H and O–H groups in total. The van der Waals surface area contributed by atoms with Crippen molar-refractivity contribution in [3.63, 3.8) is 0 Å². The van der Waals surface area contributed by atoms with Gasteiger partial charge in [-0.3, -0.25) is 4.79 Å². The minimum atomic E-state index is -0.169. The molecule has 1 aromatic rings. The van der Waals surface area contributed by atoms with E-state index in [0.29, 0.717) is 34.5 Å². The van der Waals surface area contributed by atoms with Gasteiger partial charge in [-0.05, 0) is 80.6 Å². The Bertz CT molecular complexity index is 1060. The summed E-state index contributed by atoms with van der Waals surface area (Å²) in [6.45, 7) is 7.10. The Morgan fingerprint density at radius 1 is 1.12 bits per heavy atom. The van der Waals surface area contributed by atoms with E-state index in [4.69, 9.17) is 4.99 Å². The topological polar surface area (TPSA) is 35.9 Å². The lowest BCUT2D eigenvalue weighted by Crippen LogP contribution is -2.43. The lowest BCUT2D eigenvalue weighted by molar-refractivity contribution is -0.125. The van der Waals surface area contributed by atoms with Crippen molar-refractivity contribution in [3.05, 3.63) is 65.4 Å². The van der Waals surface area contributed by atoms with Gasteiger partial charge in [0.1, 0.15) is 17.3 Å². The molecule has 0 aromatic heterocycles. The summed E-state index contributed by atoms with van der Waals surface area (Å²) in [4.78, 5) is 22.3. The molecule has 3 fully saturated rings. The van der Waals surface area contributed by atoms with Crippen LogP contribution in [0.25, 0.3) is 5.57 Å². The van der Waals surface area contributed by atoms with Crippen molar-refractivity contribution in [2.24, 2.45) is 10.9 Å². The molecule has 2 saturated carbocycles. The molecule has 1 saturated heterocycles. The molecule has 4 aliphatic rings. The Morgan fingerprint density at radius 2 is 1.88 bits per heavy atom. The quantitative estimate of drug-likeness (QED) is 0.553. The molecule has 5 rings (SSSR count). The summed E-state index contributed by atoms with van der Waals surface area (Å²) in [5, 5.41) is 0. The highest BCUT2D eigenvalue weighted by Gasteiger charge is 2.35. The summed E-state index contributed by atoms with van der Waals surface area (Å²) in [6.07, 6.45) is 12.6. The molecule has 0 radical (unpaired) electrons. The van der Waals surface area contributed by atoms with Crippen molar-refractivity contribution in [1.29, 1.82) is 0 Å². The van der Waals surface area contributed by atoms with Gasteiger partial charge >= 0.3 is 0 Å². The number of benzene rings is 1. The van der Waals surface area contributed by atoms with E-state index in [1.807, 2.05) is 41.1 Å². The summed E-state index contributed by atoms with van der Waals surface area (Å²) in [5.41, 5.74) is 3.52. The van der Waals surface area contributed by atoms with E-state index in [0.717, 1.165) is 56.3 Å². The predicted molar refractivity (Wildman–Crippen MR) is 131 cm³/mol. The van der Waals surface area contributed by atoms with Gasteiger partial charge in [-0.2, -0.15) is 0 Å². The first-order valence-corrected chi connectivity index (χ1v) is 12.5. The molecule has 33 heavy (non-hydrogen) atoms. The first-order valence-electron chi connectivity index (χ1n) is 12.5. The second-order valence-electron chi connectivity index (χ2n) is 10.1. The zero-order valence-corrected chi connectivity index (χ0v) is 19.8. The van der Waals surface area contributed by atoms with Crippen LogP contribution in [0.15, 0.2) is 53.4 Å². The van der Waals surface area contributed by atoms with Crippen LogP contribution in [0.2, 0.25) is 0 Å². The molecule has 0 spiro atoms. The van der Waals surface area contributed by atoms with Crippen molar-refractivity contribution in [1.82, 2.24) is 9.80 Å². The Kier molecular flexibility index (Phi) is 5.98. The highest BCUT2D eigenvalue weighted by Crippen LogP contribution is 2.43. The second kappa shape index (κ2) is 8.92. The van der Waals surface area contributed by atoms with Gasteiger partial charge in [-0.1, -0.05) is 37.6 Å². The molecule has 5 heteroatoms. The average Bonchev–Trinajstić information content (AvgIpc) is 3.69. The summed E-state index contributed by atoms with van der Waals surface area (Å²) < 4.78 is 15.2. The first-order chi connectivity index (χ1) is 15.9. The number of likely N-dealkylation sites (tertiary alicyclic amines) is 1. The van der Waals surface area contributed by atoms with E-state index in [-0.39, 0.29) is 17.8 Å². The van der Waals surface area contributed by atoms with E-state index < -0.39 is 0 Å². The number of allylic oxidation sites excluding steroid dienone is 3. The first kappa shape index (κ1) is 22.1. The van der Waals surface area contributed by atoms with Crippen LogP contribution in [0.3, 0.4) is 0 Å². The highest BCUT2D eigenvalue weighted by molar-refractivity contribution is 6.43. The Labute approximate surface area is 196 Å². The molecular formula is C28H34FN3O.